The Morgan fingerprint density at radius 2 is 2.11 bits per heavy atom. The molecule has 2 rings (SSSR count). The lowest BCUT2D eigenvalue weighted by Crippen LogP contribution is -3.00. The van der Waals surface area contributed by atoms with E-state index in [1.807, 2.05) is 49.8 Å². The summed E-state index contributed by atoms with van der Waals surface area (Å²) < 4.78 is 1.84. The van der Waals surface area contributed by atoms with E-state index in [4.69, 9.17) is 4.84 Å². The van der Waals surface area contributed by atoms with E-state index in [1.165, 1.54) is 4.85 Å². The number of nitrogens with zero attached hydrogens (tertiary/aromatic N) is 6. The van der Waals surface area contributed by atoms with Crippen LogP contribution in [0.5, 0.6) is 0 Å². The SMILES string of the molecule is CN(C)C(On1nnc2cccnc21)=[N+](C)C.[F-]. The van der Waals surface area contributed by atoms with Crippen molar-refractivity contribution < 1.29 is 14.1 Å². The number of fused-ring (bicyclic) bond motifs is 1. The molecule has 0 aromatic carbocycles. The average molecular weight is 254 g/mol. The maximum atomic E-state index is 5.64. The highest BCUT2D eigenvalue weighted by molar-refractivity contribution is 5.71. The van der Waals surface area contributed by atoms with E-state index in [1.54, 1.807) is 6.20 Å². The van der Waals surface area contributed by atoms with Crippen molar-refractivity contribution in [3.8, 4) is 0 Å². The molecule has 2 aromatic heterocycles. The molecule has 0 amide bonds. The van der Waals surface area contributed by atoms with E-state index >= 15 is 0 Å². The van der Waals surface area contributed by atoms with Crippen LogP contribution in [-0.2, 0) is 0 Å². The molecule has 0 bridgehead atoms. The van der Waals surface area contributed by atoms with Gasteiger partial charge in [0.1, 0.15) is 5.52 Å². The van der Waals surface area contributed by atoms with Crippen molar-refractivity contribution in [1.29, 1.82) is 0 Å². The van der Waals surface area contributed by atoms with Crippen molar-refractivity contribution in [1.82, 2.24) is 25.0 Å². The van der Waals surface area contributed by atoms with Crippen LogP contribution < -0.4 is 9.54 Å². The predicted molar refractivity (Wildman–Crippen MR) is 62.7 cm³/mol. The predicted octanol–water partition coefficient (Wildman–Crippen LogP) is -3.55. The largest absolute Gasteiger partial charge is 1.00 e. The monoisotopic (exact) mass is 254 g/mol. The molecule has 0 saturated carbocycles. The zero-order valence-corrected chi connectivity index (χ0v) is 10.7. The lowest BCUT2D eigenvalue weighted by atomic mass is 10.4. The van der Waals surface area contributed by atoms with Gasteiger partial charge in [-0.25, -0.2) is 14.5 Å². The van der Waals surface area contributed by atoms with Crippen LogP contribution in [0.3, 0.4) is 0 Å². The molecule has 98 valence electrons. The Kier molecular flexibility index (Phi) is 4.13. The molecular weight excluding hydrogens is 239 g/mol. The van der Waals surface area contributed by atoms with Crippen molar-refractivity contribution in [3.05, 3.63) is 18.3 Å². The minimum atomic E-state index is 0. The molecule has 2 aromatic rings. The fraction of sp³-hybridized carbons (Fsp3) is 0.400. The van der Waals surface area contributed by atoms with Gasteiger partial charge in [-0.2, -0.15) is 0 Å². The van der Waals surface area contributed by atoms with Gasteiger partial charge in [0.25, 0.3) is 0 Å². The quantitative estimate of drug-likeness (QED) is 0.300. The summed E-state index contributed by atoms with van der Waals surface area (Å²) in [7, 11) is 7.56. The molecule has 7 nitrogen and oxygen atoms in total. The number of amidine groups is 1. The topological polar surface area (TPSA) is 59.1 Å². The van der Waals surface area contributed by atoms with Crippen molar-refractivity contribution in [2.75, 3.05) is 28.2 Å². The summed E-state index contributed by atoms with van der Waals surface area (Å²) in [5.74, 6) is 0. The number of rotatable bonds is 1. The molecule has 0 unspecified atom stereocenters. The van der Waals surface area contributed by atoms with Gasteiger partial charge >= 0.3 is 6.02 Å². The minimum Gasteiger partial charge on any atom is -1.00 e. The Morgan fingerprint density at radius 1 is 1.39 bits per heavy atom. The zero-order valence-electron chi connectivity index (χ0n) is 10.7. The summed E-state index contributed by atoms with van der Waals surface area (Å²) in [6, 6.07) is 4.28. The molecule has 0 spiro atoms. The molecule has 0 radical (unpaired) electrons. The normalized spacial score (nSPS) is 9.78. The molecule has 2 heterocycles. The zero-order chi connectivity index (χ0) is 12.4. The lowest BCUT2D eigenvalue weighted by Gasteiger charge is -2.09. The van der Waals surface area contributed by atoms with Crippen LogP contribution in [0.25, 0.3) is 11.2 Å². The summed E-state index contributed by atoms with van der Waals surface area (Å²) >= 11 is 0. The van der Waals surface area contributed by atoms with E-state index in [0.29, 0.717) is 17.2 Å². The average Bonchev–Trinajstić information content (AvgIpc) is 2.68. The summed E-state index contributed by atoms with van der Waals surface area (Å²) in [6.07, 6.45) is 1.68. The van der Waals surface area contributed by atoms with Gasteiger partial charge in [0.2, 0.25) is 5.65 Å². The first-order valence-electron chi connectivity index (χ1n) is 5.16. The fourth-order valence-electron chi connectivity index (χ4n) is 1.45. The number of halogens is 1. The standard InChI is InChI=1S/C10H15N6O.FH/c1-14(2)10(15(3)4)17-16-9-8(12-13-16)6-5-7-11-9;/h5-7H,1-4H3;1H/q+1;/p-1. The third-order valence-corrected chi connectivity index (χ3v) is 2.11. The van der Waals surface area contributed by atoms with E-state index in [-0.39, 0.29) is 4.70 Å². The fourth-order valence-corrected chi connectivity index (χ4v) is 1.45. The van der Waals surface area contributed by atoms with E-state index in [9.17, 15) is 0 Å². The van der Waals surface area contributed by atoms with Crippen LogP contribution in [0.2, 0.25) is 0 Å². The molecule has 0 aliphatic carbocycles. The van der Waals surface area contributed by atoms with E-state index in [2.05, 4.69) is 15.3 Å². The summed E-state index contributed by atoms with van der Waals surface area (Å²) in [6.45, 7) is 0. The van der Waals surface area contributed by atoms with Gasteiger partial charge in [0, 0.05) is 6.20 Å². The first-order chi connectivity index (χ1) is 8.09. The Balaban J connectivity index is 0.00000162. The van der Waals surface area contributed by atoms with Crippen molar-refractivity contribution >= 4 is 17.2 Å². The Labute approximate surface area is 104 Å². The number of hydrogen-bond donors (Lipinski definition) is 0. The molecule has 18 heavy (non-hydrogen) atoms. The second-order valence-corrected chi connectivity index (χ2v) is 3.97. The third-order valence-electron chi connectivity index (χ3n) is 2.11. The van der Waals surface area contributed by atoms with Gasteiger partial charge in [-0.05, 0) is 22.2 Å². The first kappa shape index (κ1) is 13.8. The van der Waals surface area contributed by atoms with Gasteiger partial charge in [0.05, 0.1) is 28.2 Å². The highest BCUT2D eigenvalue weighted by atomic mass is 19.0. The third kappa shape index (κ3) is 2.53. The van der Waals surface area contributed by atoms with Gasteiger partial charge in [-0.1, -0.05) is 0 Å². The number of pyridine rings is 1. The molecule has 0 aliphatic heterocycles. The summed E-state index contributed by atoms with van der Waals surface area (Å²) in [5, 5.41) is 7.87. The number of aromatic nitrogens is 4. The first-order valence-corrected chi connectivity index (χ1v) is 5.16. The van der Waals surface area contributed by atoms with Crippen LogP contribution in [0.1, 0.15) is 0 Å². The molecule has 0 aliphatic rings. The molecule has 0 N–H and O–H groups in total. The molecular formula is C10H15FN6O. The van der Waals surface area contributed by atoms with Gasteiger partial charge < -0.3 is 4.70 Å². The van der Waals surface area contributed by atoms with Crippen molar-refractivity contribution in [2.24, 2.45) is 0 Å². The van der Waals surface area contributed by atoms with Crippen LogP contribution in [0, 0.1) is 0 Å². The Hall–Kier alpha value is -2.25. The van der Waals surface area contributed by atoms with Crippen molar-refractivity contribution in [2.45, 2.75) is 0 Å². The second kappa shape index (κ2) is 5.39. The van der Waals surface area contributed by atoms with E-state index in [0.717, 1.165) is 0 Å². The Bertz CT molecular complexity index is 560. The Morgan fingerprint density at radius 3 is 2.72 bits per heavy atom. The maximum absolute atomic E-state index is 5.64. The van der Waals surface area contributed by atoms with Gasteiger partial charge in [0.15, 0.2) is 0 Å². The number of hydrogen-bond acceptors (Lipinski definition) is 4. The van der Waals surface area contributed by atoms with E-state index < -0.39 is 0 Å². The highest BCUT2D eigenvalue weighted by Crippen LogP contribution is 2.04. The summed E-state index contributed by atoms with van der Waals surface area (Å²) in [5.41, 5.74) is 1.29. The van der Waals surface area contributed by atoms with Gasteiger partial charge in [-0.3, -0.25) is 4.84 Å². The summed E-state index contributed by atoms with van der Waals surface area (Å²) in [4.78, 5) is 13.0. The smallest absolute Gasteiger partial charge is 0.472 e. The van der Waals surface area contributed by atoms with Crippen LogP contribution in [-0.4, -0.2) is 63.8 Å². The lowest BCUT2D eigenvalue weighted by molar-refractivity contribution is -0.480. The van der Waals surface area contributed by atoms with Gasteiger partial charge in [-0.15, -0.1) is 5.10 Å². The molecule has 0 fully saturated rings. The highest BCUT2D eigenvalue weighted by Gasteiger charge is 2.17. The van der Waals surface area contributed by atoms with Crippen LogP contribution in [0.4, 0.5) is 0 Å². The maximum Gasteiger partial charge on any atom is 0.472 e. The second-order valence-electron chi connectivity index (χ2n) is 3.97. The van der Waals surface area contributed by atoms with Crippen molar-refractivity contribution in [3.63, 3.8) is 0 Å². The van der Waals surface area contributed by atoms with Crippen LogP contribution in [0.15, 0.2) is 18.3 Å². The molecule has 8 heteroatoms. The van der Waals surface area contributed by atoms with Crippen LogP contribution >= 0.6 is 0 Å². The minimum absolute atomic E-state index is 0. The molecule has 0 atom stereocenters. The molecule has 0 saturated heterocycles.